The lowest BCUT2D eigenvalue weighted by Crippen LogP contribution is -2.19. The molecule has 0 aliphatic rings. The van der Waals surface area contributed by atoms with Crippen LogP contribution in [0.4, 0.5) is 0 Å². The topological polar surface area (TPSA) is 68.5 Å². The van der Waals surface area contributed by atoms with Crippen molar-refractivity contribution in [3.63, 3.8) is 0 Å². The second-order valence-electron chi connectivity index (χ2n) is 2.92. The zero-order chi connectivity index (χ0) is 11.4. The van der Waals surface area contributed by atoms with Gasteiger partial charge in [0, 0.05) is 18.8 Å². The molecule has 0 bridgehead atoms. The van der Waals surface area contributed by atoms with Gasteiger partial charge in [0.2, 0.25) is 0 Å². The molecule has 1 aromatic heterocycles. The molecule has 1 heterocycles. The lowest BCUT2D eigenvalue weighted by molar-refractivity contribution is 0.0523. The van der Waals surface area contributed by atoms with Crippen molar-refractivity contribution in [3.8, 4) is 5.88 Å². The maximum absolute atomic E-state index is 11.4. The summed E-state index contributed by atoms with van der Waals surface area (Å²) in [4.78, 5) is 22.7. The Balaban J connectivity index is 3.18. The molecule has 0 radical (unpaired) electrons. The van der Waals surface area contributed by atoms with Gasteiger partial charge in [-0.3, -0.25) is 4.79 Å². The Labute approximate surface area is 86.9 Å². The molecule has 1 aromatic rings. The minimum Gasteiger partial charge on any atom is -0.494 e. The Kier molecular flexibility index (Phi) is 3.49. The van der Waals surface area contributed by atoms with Gasteiger partial charge in [0.25, 0.3) is 0 Å². The van der Waals surface area contributed by atoms with Gasteiger partial charge in [-0.15, -0.1) is 0 Å². The fourth-order valence-electron chi connectivity index (χ4n) is 1.18. The average Bonchev–Trinajstić information content (AvgIpc) is 2.18. The standard InChI is InChI=1S/C10H13NO4/c1-3-11-6-7(10(14)15-4-2)8(12)5-9(11)13/h5-6,13H,3-4H2,1-2H3. The fraction of sp³-hybridized carbons (Fsp3) is 0.400. The van der Waals surface area contributed by atoms with Crippen LogP contribution in [0.15, 0.2) is 17.1 Å². The molecule has 0 amide bonds. The van der Waals surface area contributed by atoms with Crippen LogP contribution in [0.3, 0.4) is 0 Å². The Morgan fingerprint density at radius 1 is 1.53 bits per heavy atom. The minimum absolute atomic E-state index is 0.0588. The highest BCUT2D eigenvalue weighted by Crippen LogP contribution is 2.07. The van der Waals surface area contributed by atoms with Gasteiger partial charge in [-0.1, -0.05) is 0 Å². The zero-order valence-electron chi connectivity index (χ0n) is 8.69. The number of ether oxygens (including phenoxy) is 1. The van der Waals surface area contributed by atoms with E-state index >= 15 is 0 Å². The van der Waals surface area contributed by atoms with Gasteiger partial charge in [0.1, 0.15) is 5.56 Å². The van der Waals surface area contributed by atoms with Crippen LogP contribution in [-0.4, -0.2) is 22.2 Å². The molecule has 0 saturated heterocycles. The largest absolute Gasteiger partial charge is 0.494 e. The number of aryl methyl sites for hydroxylation is 1. The summed E-state index contributed by atoms with van der Waals surface area (Å²) >= 11 is 0. The molecule has 1 N–H and O–H groups in total. The van der Waals surface area contributed by atoms with Crippen molar-refractivity contribution in [2.24, 2.45) is 0 Å². The van der Waals surface area contributed by atoms with E-state index in [2.05, 4.69) is 0 Å². The molecule has 0 aromatic carbocycles. The van der Waals surface area contributed by atoms with Gasteiger partial charge in [-0.25, -0.2) is 4.79 Å². The monoisotopic (exact) mass is 211 g/mol. The number of carbonyl (C=O) groups is 1. The number of pyridine rings is 1. The maximum Gasteiger partial charge on any atom is 0.343 e. The molecule has 0 fully saturated rings. The predicted octanol–water partition coefficient (Wildman–Crippen LogP) is 0.750. The van der Waals surface area contributed by atoms with E-state index in [4.69, 9.17) is 4.74 Å². The molecule has 82 valence electrons. The highest BCUT2D eigenvalue weighted by Gasteiger charge is 2.13. The number of hydrogen-bond donors (Lipinski definition) is 1. The van der Waals surface area contributed by atoms with E-state index in [1.165, 1.54) is 10.8 Å². The first-order valence-electron chi connectivity index (χ1n) is 4.70. The zero-order valence-corrected chi connectivity index (χ0v) is 8.69. The van der Waals surface area contributed by atoms with Crippen LogP contribution in [0.25, 0.3) is 0 Å². The summed E-state index contributed by atoms with van der Waals surface area (Å²) in [7, 11) is 0. The third-order valence-corrected chi connectivity index (χ3v) is 1.94. The number of nitrogens with zero attached hydrogens (tertiary/aromatic N) is 1. The first kappa shape index (κ1) is 11.3. The van der Waals surface area contributed by atoms with Gasteiger partial charge in [-0.2, -0.15) is 0 Å². The Morgan fingerprint density at radius 2 is 2.20 bits per heavy atom. The number of hydrogen-bond acceptors (Lipinski definition) is 4. The van der Waals surface area contributed by atoms with Crippen LogP contribution in [0.1, 0.15) is 24.2 Å². The highest BCUT2D eigenvalue weighted by atomic mass is 16.5. The van der Waals surface area contributed by atoms with Gasteiger partial charge >= 0.3 is 5.97 Å². The smallest absolute Gasteiger partial charge is 0.343 e. The van der Waals surface area contributed by atoms with Crippen molar-refractivity contribution in [3.05, 3.63) is 28.0 Å². The van der Waals surface area contributed by atoms with Crippen molar-refractivity contribution in [2.45, 2.75) is 20.4 Å². The molecule has 0 atom stereocenters. The molecular formula is C10H13NO4. The van der Waals surface area contributed by atoms with Gasteiger partial charge in [0.15, 0.2) is 11.3 Å². The molecular weight excluding hydrogens is 198 g/mol. The van der Waals surface area contributed by atoms with Crippen molar-refractivity contribution >= 4 is 5.97 Å². The Hall–Kier alpha value is -1.78. The second-order valence-corrected chi connectivity index (χ2v) is 2.92. The number of carbonyl (C=O) groups excluding carboxylic acids is 1. The van der Waals surface area contributed by atoms with E-state index in [1.807, 2.05) is 0 Å². The highest BCUT2D eigenvalue weighted by molar-refractivity contribution is 5.89. The summed E-state index contributed by atoms with van der Waals surface area (Å²) in [6, 6.07) is 1.01. The van der Waals surface area contributed by atoms with E-state index in [0.717, 1.165) is 6.07 Å². The van der Waals surface area contributed by atoms with Gasteiger partial charge in [-0.05, 0) is 13.8 Å². The average molecular weight is 211 g/mol. The first-order chi connectivity index (χ1) is 7.10. The van der Waals surface area contributed by atoms with Crippen molar-refractivity contribution in [1.29, 1.82) is 0 Å². The summed E-state index contributed by atoms with van der Waals surface area (Å²) in [6.07, 6.45) is 1.30. The van der Waals surface area contributed by atoms with E-state index in [9.17, 15) is 14.7 Å². The Morgan fingerprint density at radius 3 is 2.73 bits per heavy atom. The third kappa shape index (κ3) is 2.37. The Bertz CT molecular complexity index is 422. The summed E-state index contributed by atoms with van der Waals surface area (Å²) in [5.41, 5.74) is -0.591. The number of rotatable bonds is 3. The third-order valence-electron chi connectivity index (χ3n) is 1.94. The molecule has 15 heavy (non-hydrogen) atoms. The number of esters is 1. The van der Waals surface area contributed by atoms with E-state index < -0.39 is 11.4 Å². The molecule has 0 saturated carbocycles. The van der Waals surface area contributed by atoms with Crippen LogP contribution < -0.4 is 5.43 Å². The first-order valence-corrected chi connectivity index (χ1v) is 4.70. The SMILES string of the molecule is CCOC(=O)c1cn(CC)c(O)cc1=O. The van der Waals surface area contributed by atoms with E-state index in [-0.39, 0.29) is 18.1 Å². The lowest BCUT2D eigenvalue weighted by Gasteiger charge is -2.07. The summed E-state index contributed by atoms with van der Waals surface area (Å²) in [5.74, 6) is -0.819. The predicted molar refractivity (Wildman–Crippen MR) is 54.0 cm³/mol. The van der Waals surface area contributed by atoms with Crippen molar-refractivity contribution < 1.29 is 14.6 Å². The molecule has 0 aliphatic heterocycles. The molecule has 5 nitrogen and oxygen atoms in total. The quantitative estimate of drug-likeness (QED) is 0.749. The van der Waals surface area contributed by atoms with Crippen LogP contribution >= 0.6 is 0 Å². The lowest BCUT2D eigenvalue weighted by atomic mass is 10.2. The summed E-state index contributed by atoms with van der Waals surface area (Å²) in [6.45, 7) is 4.14. The number of aromatic nitrogens is 1. The van der Waals surface area contributed by atoms with Crippen LogP contribution in [0, 0.1) is 0 Å². The summed E-state index contributed by atoms with van der Waals surface area (Å²) < 4.78 is 6.11. The molecule has 0 aliphatic carbocycles. The number of aromatic hydroxyl groups is 1. The molecule has 5 heteroatoms. The van der Waals surface area contributed by atoms with Crippen LogP contribution in [0.2, 0.25) is 0 Å². The van der Waals surface area contributed by atoms with E-state index in [1.54, 1.807) is 13.8 Å². The minimum atomic E-state index is -0.662. The molecule has 0 spiro atoms. The summed E-state index contributed by atoms with van der Waals surface area (Å²) in [5, 5.41) is 9.34. The normalized spacial score (nSPS) is 10.0. The maximum atomic E-state index is 11.4. The second kappa shape index (κ2) is 4.63. The van der Waals surface area contributed by atoms with Crippen molar-refractivity contribution in [2.75, 3.05) is 6.61 Å². The molecule has 0 unspecified atom stereocenters. The molecule has 1 rings (SSSR count). The van der Waals surface area contributed by atoms with Crippen molar-refractivity contribution in [1.82, 2.24) is 4.57 Å². The van der Waals surface area contributed by atoms with E-state index in [0.29, 0.717) is 6.54 Å². The fourth-order valence-corrected chi connectivity index (χ4v) is 1.18. The van der Waals surface area contributed by atoms with Gasteiger partial charge in [0.05, 0.1) is 6.61 Å². The van der Waals surface area contributed by atoms with Gasteiger partial charge < -0.3 is 14.4 Å². The van der Waals surface area contributed by atoms with Crippen LogP contribution in [0.5, 0.6) is 5.88 Å². The van der Waals surface area contributed by atoms with Crippen LogP contribution in [-0.2, 0) is 11.3 Å².